The molecule has 0 bridgehead atoms. The van der Waals surface area contributed by atoms with E-state index >= 15 is 0 Å². The number of Topliss-reactive ketones (excluding diaryl/α,β-unsaturated/α-hetero) is 1. The zero-order chi connectivity index (χ0) is 13.1. The Morgan fingerprint density at radius 2 is 1.83 bits per heavy atom. The quantitative estimate of drug-likeness (QED) is 0.701. The Labute approximate surface area is 124 Å². The van der Waals surface area contributed by atoms with E-state index in [2.05, 4.69) is 15.9 Å². The highest BCUT2D eigenvalue weighted by Crippen LogP contribution is 2.22. The van der Waals surface area contributed by atoms with Gasteiger partial charge < -0.3 is 0 Å². The number of rotatable bonds is 3. The third-order valence-corrected chi connectivity index (χ3v) is 3.54. The Kier molecular flexibility index (Phi) is 4.44. The van der Waals surface area contributed by atoms with Crippen molar-refractivity contribution >= 4 is 44.9 Å². The van der Waals surface area contributed by atoms with E-state index < -0.39 is 0 Å². The summed E-state index contributed by atoms with van der Waals surface area (Å²) >= 11 is 15.3. The third-order valence-electron chi connectivity index (χ3n) is 2.49. The van der Waals surface area contributed by atoms with E-state index in [0.29, 0.717) is 15.6 Å². The second-order valence-corrected chi connectivity index (χ2v) is 5.61. The Hall–Kier alpha value is -0.830. The van der Waals surface area contributed by atoms with E-state index in [0.717, 1.165) is 10.0 Å². The van der Waals surface area contributed by atoms with Crippen LogP contribution in [0.4, 0.5) is 0 Å². The Morgan fingerprint density at radius 3 is 2.50 bits per heavy atom. The highest BCUT2D eigenvalue weighted by Gasteiger charge is 2.10. The summed E-state index contributed by atoms with van der Waals surface area (Å²) in [5, 5.41) is 1.14. The molecule has 0 radical (unpaired) electrons. The molecule has 0 saturated heterocycles. The third kappa shape index (κ3) is 3.35. The maximum Gasteiger partial charge on any atom is 0.167 e. The molecule has 0 saturated carbocycles. The summed E-state index contributed by atoms with van der Waals surface area (Å²) in [6, 6.07) is 12.5. The fourth-order valence-electron chi connectivity index (χ4n) is 1.63. The summed E-state index contributed by atoms with van der Waals surface area (Å²) in [4.78, 5) is 12.1. The molecule has 0 aliphatic heterocycles. The lowest BCUT2D eigenvalue weighted by molar-refractivity contribution is 0.0993. The summed E-state index contributed by atoms with van der Waals surface area (Å²) < 4.78 is 0.789. The minimum Gasteiger partial charge on any atom is -0.294 e. The van der Waals surface area contributed by atoms with Crippen LogP contribution in [0.15, 0.2) is 46.9 Å². The molecule has 0 heterocycles. The monoisotopic (exact) mass is 342 g/mol. The van der Waals surface area contributed by atoms with Gasteiger partial charge in [0.05, 0.1) is 0 Å². The predicted octanol–water partition coefficient (Wildman–Crippen LogP) is 5.18. The van der Waals surface area contributed by atoms with Crippen LogP contribution in [0.25, 0.3) is 0 Å². The average Bonchev–Trinajstić information content (AvgIpc) is 2.31. The van der Waals surface area contributed by atoms with Crippen LogP contribution in [-0.2, 0) is 6.42 Å². The van der Waals surface area contributed by atoms with Crippen LogP contribution in [0.5, 0.6) is 0 Å². The Morgan fingerprint density at radius 1 is 1.11 bits per heavy atom. The van der Waals surface area contributed by atoms with Gasteiger partial charge in [-0.2, -0.15) is 0 Å². The first kappa shape index (κ1) is 13.6. The number of benzene rings is 2. The molecule has 0 spiro atoms. The van der Waals surface area contributed by atoms with Gasteiger partial charge in [0, 0.05) is 26.5 Å². The number of halogens is 3. The van der Waals surface area contributed by atoms with E-state index in [4.69, 9.17) is 23.2 Å². The van der Waals surface area contributed by atoms with Gasteiger partial charge in [0.15, 0.2) is 5.78 Å². The van der Waals surface area contributed by atoms with Gasteiger partial charge in [-0.3, -0.25) is 4.79 Å². The van der Waals surface area contributed by atoms with Crippen LogP contribution < -0.4 is 0 Å². The van der Waals surface area contributed by atoms with Crippen molar-refractivity contribution in [3.05, 3.63) is 68.1 Å². The Bertz CT molecular complexity index is 576. The van der Waals surface area contributed by atoms with Crippen molar-refractivity contribution in [3.8, 4) is 0 Å². The fourth-order valence-corrected chi connectivity index (χ4v) is 2.69. The van der Waals surface area contributed by atoms with Crippen LogP contribution in [0.2, 0.25) is 10.0 Å². The van der Waals surface area contributed by atoms with Gasteiger partial charge in [0.25, 0.3) is 0 Å². The first-order chi connectivity index (χ1) is 8.56. The number of carbonyl (C=O) groups is 1. The zero-order valence-corrected chi connectivity index (χ0v) is 12.4. The number of ketones is 1. The molecule has 0 fully saturated rings. The first-order valence-electron chi connectivity index (χ1n) is 5.29. The van der Waals surface area contributed by atoms with Gasteiger partial charge in [-0.25, -0.2) is 0 Å². The van der Waals surface area contributed by atoms with Crippen LogP contribution in [0.3, 0.4) is 0 Å². The molecule has 0 aromatic heterocycles. The Balaban J connectivity index is 2.25. The molecule has 0 N–H and O–H groups in total. The van der Waals surface area contributed by atoms with E-state index in [1.54, 1.807) is 24.3 Å². The van der Waals surface area contributed by atoms with Crippen molar-refractivity contribution in [3.63, 3.8) is 0 Å². The minimum absolute atomic E-state index is 0.00806. The van der Waals surface area contributed by atoms with Crippen LogP contribution in [0, 0.1) is 0 Å². The average molecular weight is 344 g/mol. The topological polar surface area (TPSA) is 17.1 Å². The SMILES string of the molecule is O=C(Cc1ccccc1Cl)c1cc(Cl)cc(Br)c1. The lowest BCUT2D eigenvalue weighted by Crippen LogP contribution is -2.04. The molecule has 2 aromatic carbocycles. The fraction of sp³-hybridized carbons (Fsp3) is 0.0714. The van der Waals surface area contributed by atoms with Gasteiger partial charge in [0.2, 0.25) is 0 Å². The summed E-state index contributed by atoms with van der Waals surface area (Å²) in [7, 11) is 0. The number of hydrogen-bond donors (Lipinski definition) is 0. The van der Waals surface area contributed by atoms with Crippen molar-refractivity contribution in [2.45, 2.75) is 6.42 Å². The molecule has 1 nitrogen and oxygen atoms in total. The van der Waals surface area contributed by atoms with E-state index in [1.165, 1.54) is 0 Å². The van der Waals surface area contributed by atoms with Crippen molar-refractivity contribution in [2.24, 2.45) is 0 Å². The summed E-state index contributed by atoms with van der Waals surface area (Å²) in [5.41, 5.74) is 1.40. The second kappa shape index (κ2) is 5.87. The maximum atomic E-state index is 12.1. The van der Waals surface area contributed by atoms with Gasteiger partial charge in [0.1, 0.15) is 0 Å². The predicted molar refractivity (Wildman–Crippen MR) is 78.6 cm³/mol. The summed E-state index contributed by atoms with van der Waals surface area (Å²) in [6.07, 6.45) is 0.270. The van der Waals surface area contributed by atoms with Gasteiger partial charge in [-0.05, 0) is 29.8 Å². The molecule has 0 aliphatic rings. The van der Waals surface area contributed by atoms with Crippen molar-refractivity contribution in [1.29, 1.82) is 0 Å². The lowest BCUT2D eigenvalue weighted by Gasteiger charge is -2.05. The number of hydrogen-bond acceptors (Lipinski definition) is 1. The van der Waals surface area contributed by atoms with E-state index in [9.17, 15) is 4.79 Å². The second-order valence-electron chi connectivity index (χ2n) is 3.85. The van der Waals surface area contributed by atoms with Gasteiger partial charge >= 0.3 is 0 Å². The maximum absolute atomic E-state index is 12.1. The molecule has 2 aromatic rings. The number of carbonyl (C=O) groups excluding carboxylic acids is 1. The van der Waals surface area contributed by atoms with Crippen molar-refractivity contribution < 1.29 is 4.79 Å². The molecule has 92 valence electrons. The molecular formula is C14H9BrCl2O. The summed E-state index contributed by atoms with van der Waals surface area (Å²) in [6.45, 7) is 0. The minimum atomic E-state index is -0.00806. The summed E-state index contributed by atoms with van der Waals surface area (Å²) in [5.74, 6) is -0.00806. The van der Waals surface area contributed by atoms with E-state index in [1.807, 2.05) is 18.2 Å². The normalized spacial score (nSPS) is 10.4. The van der Waals surface area contributed by atoms with Gasteiger partial charge in [-0.1, -0.05) is 57.3 Å². The molecule has 2 rings (SSSR count). The molecule has 0 atom stereocenters. The van der Waals surface area contributed by atoms with Crippen LogP contribution in [-0.4, -0.2) is 5.78 Å². The molecular weight excluding hydrogens is 335 g/mol. The molecule has 0 unspecified atom stereocenters. The molecule has 18 heavy (non-hydrogen) atoms. The molecule has 0 amide bonds. The highest BCUT2D eigenvalue weighted by molar-refractivity contribution is 9.10. The first-order valence-corrected chi connectivity index (χ1v) is 6.84. The molecule has 0 aliphatic carbocycles. The zero-order valence-electron chi connectivity index (χ0n) is 9.29. The van der Waals surface area contributed by atoms with Gasteiger partial charge in [-0.15, -0.1) is 0 Å². The lowest BCUT2D eigenvalue weighted by atomic mass is 10.0. The highest BCUT2D eigenvalue weighted by atomic mass is 79.9. The standard InChI is InChI=1S/C14H9BrCl2O/c15-11-5-10(6-12(16)8-11)14(18)7-9-3-1-2-4-13(9)17/h1-6,8H,7H2. The smallest absolute Gasteiger partial charge is 0.167 e. The van der Waals surface area contributed by atoms with Crippen molar-refractivity contribution in [1.82, 2.24) is 0 Å². The largest absolute Gasteiger partial charge is 0.294 e. The molecule has 4 heteroatoms. The van der Waals surface area contributed by atoms with Crippen LogP contribution >= 0.6 is 39.1 Å². The van der Waals surface area contributed by atoms with Crippen LogP contribution in [0.1, 0.15) is 15.9 Å². The van der Waals surface area contributed by atoms with E-state index in [-0.39, 0.29) is 12.2 Å². The van der Waals surface area contributed by atoms with Crippen molar-refractivity contribution in [2.75, 3.05) is 0 Å².